The number of cyclic esters (lactones) is 1. The Labute approximate surface area is 504 Å². The number of carboxylic acids is 1. The Balaban J connectivity index is 2.77. The van der Waals surface area contributed by atoms with Crippen LogP contribution in [-0.2, 0) is 62.3 Å². The van der Waals surface area contributed by atoms with Crippen molar-refractivity contribution in [1.82, 2.24) is 53.2 Å². The highest BCUT2D eigenvalue weighted by atomic mass is 35.5. The molecule has 0 aromatic rings. The third-order valence-electron chi connectivity index (χ3n) is 13.9. The SMILES string of the molecule is C/C=C1/NC(=O)C([C@H](C)O)NC(=O)[C@H](CCN)NC(=O)C([C@H](O)C(=O)NC2CC2)NC(=O)C(CCCCN)NC(=O)[C@H](CC(=O)O)NC(=O)C(CCN)NC(=O)C(NC(=O)C[C@H](O)CCCCCCCCCCC)COC(=O)C([C@H](O)CCl)NC1=O. The van der Waals surface area contributed by atoms with Crippen LogP contribution >= 0.6 is 11.6 Å². The molecule has 2 rings (SSSR count). The number of hydrogen-bond donors (Lipinski definition) is 18. The summed E-state index contributed by atoms with van der Waals surface area (Å²) < 4.78 is 5.36. The standard InChI is InChI=1S/C54H92ClN13O18/c1-4-6-7-8-9-10-11-12-13-16-31(70)25-39(72)60-37-28-86-54(85)42(38(71)27-55)67-45(76)32(5-2)61-51(82)41(29(3)69)66-48(79)35(21-24-58)64-52(83)43(44(75)53(84)59-30-18-19-30)68-47(78)33(17-14-15-22-56)62-49(80)36(26-40(73)74)65-46(77)34(20-23-57)63-50(37)81/h5,29-31,33-38,41-44,69-71,75H,4,6-28,56-58H2,1-3H3,(H,59,84)(H,60,72)(H,61,82)(H,62,80)(H,63,81)(H,64,83)(H,65,77)(H,66,79)(H,67,76)(H,68,78)(H,73,74)/b32-5+/t29-,31+,33?,34?,35-,36-,37?,38+,41?,42?,43?,44-/m0/s1. The second-order valence-electron chi connectivity index (χ2n) is 21.3. The lowest BCUT2D eigenvalue weighted by Crippen LogP contribution is -2.64. The van der Waals surface area contributed by atoms with Crippen molar-refractivity contribution < 1.29 is 87.8 Å². The van der Waals surface area contributed by atoms with Gasteiger partial charge in [-0.1, -0.05) is 70.8 Å². The first-order valence-corrected chi connectivity index (χ1v) is 29.9. The number of amides is 10. The minimum Gasteiger partial charge on any atom is -0.481 e. The molecule has 488 valence electrons. The number of ether oxygens (including phenoxy) is 1. The van der Waals surface area contributed by atoms with Crippen LogP contribution in [0.5, 0.6) is 0 Å². The first-order valence-electron chi connectivity index (χ1n) is 29.3. The summed E-state index contributed by atoms with van der Waals surface area (Å²) in [4.78, 5) is 165. The van der Waals surface area contributed by atoms with Gasteiger partial charge in [0.05, 0.1) is 37.0 Å². The first-order chi connectivity index (χ1) is 40.8. The summed E-state index contributed by atoms with van der Waals surface area (Å²) in [5, 5.41) is 76.5. The van der Waals surface area contributed by atoms with Gasteiger partial charge in [-0.25, -0.2) is 4.79 Å². The Morgan fingerprint density at radius 1 is 0.628 bits per heavy atom. The van der Waals surface area contributed by atoms with Crippen molar-refractivity contribution in [3.8, 4) is 0 Å². The molecule has 86 heavy (non-hydrogen) atoms. The van der Waals surface area contributed by atoms with Crippen molar-refractivity contribution in [1.29, 1.82) is 0 Å². The number of nitrogens with two attached hydrogens (primary N) is 3. The largest absolute Gasteiger partial charge is 0.481 e. The molecule has 12 atom stereocenters. The van der Waals surface area contributed by atoms with E-state index < -0.39 is 194 Å². The number of alkyl halides is 1. The van der Waals surface area contributed by atoms with Gasteiger partial charge in [-0.3, -0.25) is 52.7 Å². The van der Waals surface area contributed by atoms with Crippen molar-refractivity contribution in [3.63, 3.8) is 0 Å². The van der Waals surface area contributed by atoms with Crippen LogP contribution < -0.4 is 70.4 Å². The van der Waals surface area contributed by atoms with Crippen LogP contribution in [0.4, 0.5) is 0 Å². The molecule has 1 heterocycles. The molecule has 0 aromatic heterocycles. The van der Waals surface area contributed by atoms with Gasteiger partial charge in [0.15, 0.2) is 12.1 Å². The molecular weight excluding hydrogens is 1150 g/mol. The number of carboxylic acid groups (broad SMARTS) is 1. The fourth-order valence-corrected chi connectivity index (χ4v) is 8.93. The van der Waals surface area contributed by atoms with E-state index in [-0.39, 0.29) is 45.3 Å². The van der Waals surface area contributed by atoms with Crippen molar-refractivity contribution in [2.45, 2.75) is 222 Å². The Hall–Kier alpha value is -6.61. The molecule has 1 saturated carbocycles. The molecule has 1 aliphatic heterocycles. The summed E-state index contributed by atoms with van der Waals surface area (Å²) in [5.74, 6) is -16.2. The topological polar surface area (TPSA) is 514 Å². The predicted molar refractivity (Wildman–Crippen MR) is 309 cm³/mol. The number of aliphatic carboxylic acids is 1. The lowest BCUT2D eigenvalue weighted by atomic mass is 10.0. The summed E-state index contributed by atoms with van der Waals surface area (Å²) in [5.41, 5.74) is 16.7. The zero-order valence-corrected chi connectivity index (χ0v) is 50.0. The van der Waals surface area contributed by atoms with Gasteiger partial charge in [0, 0.05) is 6.04 Å². The van der Waals surface area contributed by atoms with Crippen LogP contribution in [0.25, 0.3) is 0 Å². The normalized spacial score (nSPS) is 24.9. The Kier molecular flexibility index (Phi) is 35.7. The number of aliphatic hydroxyl groups is 4. The lowest BCUT2D eigenvalue weighted by molar-refractivity contribution is -0.153. The average Bonchev–Trinajstić information content (AvgIpc) is 4.00. The highest BCUT2D eigenvalue weighted by Gasteiger charge is 2.41. The summed E-state index contributed by atoms with van der Waals surface area (Å²) in [6, 6.07) is -15.9. The molecule has 0 aromatic carbocycles. The van der Waals surface area contributed by atoms with Crippen molar-refractivity contribution in [2.75, 3.05) is 32.1 Å². The second-order valence-corrected chi connectivity index (χ2v) is 21.6. The fraction of sp³-hybridized carbons (Fsp3) is 0.741. The number of esters is 1. The van der Waals surface area contributed by atoms with Gasteiger partial charge >= 0.3 is 11.9 Å². The van der Waals surface area contributed by atoms with Crippen LogP contribution in [0.3, 0.4) is 0 Å². The van der Waals surface area contributed by atoms with E-state index in [9.17, 15) is 83.1 Å². The van der Waals surface area contributed by atoms with Crippen LogP contribution in [0, 0.1) is 0 Å². The summed E-state index contributed by atoms with van der Waals surface area (Å²) in [7, 11) is 0. The van der Waals surface area contributed by atoms with E-state index in [1.54, 1.807) is 0 Å². The van der Waals surface area contributed by atoms with Gasteiger partial charge in [-0.15, -0.1) is 11.6 Å². The van der Waals surface area contributed by atoms with Crippen LogP contribution in [-0.4, -0.2) is 207 Å². The number of rotatable bonds is 29. The number of aliphatic hydroxyl groups excluding tert-OH is 4. The Morgan fingerprint density at radius 3 is 1.69 bits per heavy atom. The molecule has 0 radical (unpaired) electrons. The van der Waals surface area contributed by atoms with E-state index in [0.717, 1.165) is 64.4 Å². The molecule has 6 unspecified atom stereocenters. The third kappa shape index (κ3) is 27.8. The smallest absolute Gasteiger partial charge is 0.331 e. The van der Waals surface area contributed by atoms with Crippen LogP contribution in [0.2, 0.25) is 0 Å². The Morgan fingerprint density at radius 2 is 1.15 bits per heavy atom. The maximum absolute atomic E-state index is 14.3. The average molecular weight is 1250 g/mol. The number of nitrogens with one attached hydrogen (secondary N) is 10. The highest BCUT2D eigenvalue weighted by molar-refractivity contribution is 6.18. The summed E-state index contributed by atoms with van der Waals surface area (Å²) in [6.07, 6.45) is 1.31. The zero-order valence-electron chi connectivity index (χ0n) is 49.2. The van der Waals surface area contributed by atoms with E-state index in [1.807, 2.05) is 0 Å². The van der Waals surface area contributed by atoms with Gasteiger partial charge in [0.2, 0.25) is 47.3 Å². The maximum atomic E-state index is 14.3. The molecular formula is C54H92ClN13O18. The molecule has 10 amide bonds. The molecule has 2 aliphatic rings. The minimum atomic E-state index is -2.39. The van der Waals surface area contributed by atoms with Gasteiger partial charge in [-0.05, 0) is 84.8 Å². The van der Waals surface area contributed by atoms with E-state index in [0.29, 0.717) is 19.3 Å². The minimum absolute atomic E-state index is 0.0826. The quantitative estimate of drug-likeness (QED) is 0.0144. The highest BCUT2D eigenvalue weighted by Crippen LogP contribution is 2.19. The van der Waals surface area contributed by atoms with Crippen molar-refractivity contribution in [2.24, 2.45) is 17.2 Å². The molecule has 21 N–H and O–H groups in total. The van der Waals surface area contributed by atoms with Crippen molar-refractivity contribution >= 4 is 82.6 Å². The molecule has 2 fully saturated rings. The molecule has 0 spiro atoms. The zero-order chi connectivity index (χ0) is 64.5. The third-order valence-corrected chi connectivity index (χ3v) is 14.2. The number of unbranched alkanes of at least 4 members (excludes halogenated alkanes) is 9. The molecule has 0 bridgehead atoms. The van der Waals surface area contributed by atoms with Gasteiger partial charge in [-0.2, -0.15) is 0 Å². The molecule has 32 heteroatoms. The van der Waals surface area contributed by atoms with E-state index >= 15 is 0 Å². The van der Waals surface area contributed by atoms with Gasteiger partial charge < -0.3 is 101 Å². The lowest BCUT2D eigenvalue weighted by Gasteiger charge is -2.29. The molecule has 1 saturated heterocycles. The van der Waals surface area contributed by atoms with Gasteiger partial charge in [0.25, 0.3) is 11.8 Å². The van der Waals surface area contributed by atoms with E-state index in [1.165, 1.54) is 6.92 Å². The fourth-order valence-electron chi connectivity index (χ4n) is 8.75. The van der Waals surface area contributed by atoms with E-state index in [2.05, 4.69) is 60.1 Å². The predicted octanol–water partition coefficient (Wildman–Crippen LogP) is -4.97. The number of hydrogen-bond acceptors (Lipinski definition) is 20. The summed E-state index contributed by atoms with van der Waals surface area (Å²) in [6.45, 7) is 2.74. The summed E-state index contributed by atoms with van der Waals surface area (Å²) >= 11 is 5.92. The van der Waals surface area contributed by atoms with Gasteiger partial charge in [0.1, 0.15) is 54.6 Å². The first kappa shape index (κ1) is 75.5. The number of carbonyl (C=O) groups is 12. The number of allylic oxidation sites excluding steroid dienone is 1. The molecule has 1 aliphatic carbocycles. The number of halogens is 1. The second kappa shape index (κ2) is 40.7. The van der Waals surface area contributed by atoms with Crippen LogP contribution in [0.1, 0.15) is 143 Å². The van der Waals surface area contributed by atoms with Crippen LogP contribution in [0.15, 0.2) is 11.8 Å². The van der Waals surface area contributed by atoms with Crippen molar-refractivity contribution in [3.05, 3.63) is 11.8 Å². The Bertz CT molecular complexity index is 2300. The maximum Gasteiger partial charge on any atom is 0.331 e. The molecule has 31 nitrogen and oxygen atoms in total. The number of carbonyl (C=O) groups excluding carboxylic acids is 11. The van der Waals surface area contributed by atoms with E-state index in [4.69, 9.17) is 33.5 Å². The monoisotopic (exact) mass is 1250 g/mol.